The third-order valence-electron chi connectivity index (χ3n) is 14.4. The second-order valence-electron chi connectivity index (χ2n) is 21.2. The van der Waals surface area contributed by atoms with Crippen molar-refractivity contribution in [2.45, 2.75) is 306 Å². The molecular weight excluding hydrogens is 945 g/mol. The zero-order valence-corrected chi connectivity index (χ0v) is 46.6. The maximum Gasteiger partial charge on any atom is 0.306 e. The number of rotatable bonds is 49. The van der Waals surface area contributed by atoms with Crippen LogP contribution in [0.15, 0.2) is 36.5 Å². The number of allylic oxidation sites excluding steroid dienone is 6. The highest BCUT2D eigenvalue weighted by molar-refractivity contribution is 5.69. The third-order valence-corrected chi connectivity index (χ3v) is 14.4. The van der Waals surface area contributed by atoms with Gasteiger partial charge < -0.3 is 64.2 Å². The number of ether oxygens (including phenoxy) is 6. The van der Waals surface area contributed by atoms with Gasteiger partial charge in [0, 0.05) is 13.0 Å². The van der Waals surface area contributed by atoms with Crippen molar-refractivity contribution in [2.75, 3.05) is 33.0 Å². The number of esters is 1. The second-order valence-corrected chi connectivity index (χ2v) is 21.2. The van der Waals surface area contributed by atoms with Crippen molar-refractivity contribution in [2.24, 2.45) is 0 Å². The molecule has 14 nitrogen and oxygen atoms in total. The summed E-state index contributed by atoms with van der Waals surface area (Å²) < 4.78 is 34.4. The number of hydrogen-bond donors (Lipinski definition) is 7. The maximum atomic E-state index is 13.1. The van der Waals surface area contributed by atoms with E-state index in [2.05, 4.69) is 50.3 Å². The van der Waals surface area contributed by atoms with Gasteiger partial charge in [0.1, 0.15) is 54.9 Å². The summed E-state index contributed by atoms with van der Waals surface area (Å²) >= 11 is 0. The van der Waals surface area contributed by atoms with Crippen molar-refractivity contribution < 1.29 is 69.0 Å². The molecule has 0 spiro atoms. The minimum absolute atomic E-state index is 0.0627. The van der Waals surface area contributed by atoms with Crippen molar-refractivity contribution >= 4 is 5.97 Å². The Labute approximate surface area is 449 Å². The number of unbranched alkanes of at least 4 members (excludes halogenated alkanes) is 29. The minimum atomic E-state index is -1.71. The molecule has 11 unspecified atom stereocenters. The lowest BCUT2D eigenvalue weighted by Crippen LogP contribution is -2.61. The monoisotopic (exact) mass is 1050 g/mol. The summed E-state index contributed by atoms with van der Waals surface area (Å²) in [4.78, 5) is 13.1. The van der Waals surface area contributed by atoms with Crippen LogP contribution in [0.3, 0.4) is 0 Å². The topological polar surface area (TPSA) is 214 Å². The number of carbonyl (C=O) groups is 1. The van der Waals surface area contributed by atoms with Gasteiger partial charge in [0.15, 0.2) is 12.6 Å². The molecule has 0 amide bonds. The van der Waals surface area contributed by atoms with Crippen LogP contribution in [0.2, 0.25) is 0 Å². The summed E-state index contributed by atoms with van der Waals surface area (Å²) in [6, 6.07) is 0. The largest absolute Gasteiger partial charge is 0.457 e. The van der Waals surface area contributed by atoms with Crippen LogP contribution in [-0.4, -0.2) is 142 Å². The quantitative estimate of drug-likeness (QED) is 0.0172. The molecule has 0 aromatic carbocycles. The van der Waals surface area contributed by atoms with Crippen LogP contribution in [0.1, 0.15) is 239 Å². The molecule has 2 aliphatic rings. The first-order chi connectivity index (χ1) is 36.1. The summed E-state index contributed by atoms with van der Waals surface area (Å²) in [7, 11) is 0. The normalized spacial score (nSPS) is 25.0. The maximum absolute atomic E-state index is 13.1. The predicted molar refractivity (Wildman–Crippen MR) is 293 cm³/mol. The van der Waals surface area contributed by atoms with E-state index >= 15 is 0 Å². The molecule has 14 heteroatoms. The first kappa shape index (κ1) is 68.3. The van der Waals surface area contributed by atoms with E-state index in [1.165, 1.54) is 161 Å². The molecule has 0 bridgehead atoms. The van der Waals surface area contributed by atoms with Crippen molar-refractivity contribution in [3.63, 3.8) is 0 Å². The van der Waals surface area contributed by atoms with Crippen molar-refractivity contribution in [1.29, 1.82) is 0 Å². The Morgan fingerprint density at radius 2 is 0.838 bits per heavy atom. The van der Waals surface area contributed by atoms with E-state index in [1.54, 1.807) is 0 Å². The Morgan fingerprint density at radius 1 is 0.446 bits per heavy atom. The SMILES string of the molecule is CCCCCCC/C=C\C/C=C\C/C=C\CCCCCCCCCCCCCOCC(COC1OC(COC2OC(CO)C(O)C(O)C2O)C(O)C(O)C1O)OC(=O)CCCCCCCCCCCCCCCC. The van der Waals surface area contributed by atoms with Crippen LogP contribution in [0.4, 0.5) is 0 Å². The average molecular weight is 1060 g/mol. The molecule has 2 saturated heterocycles. The molecule has 434 valence electrons. The molecule has 74 heavy (non-hydrogen) atoms. The lowest BCUT2D eigenvalue weighted by molar-refractivity contribution is -0.332. The highest BCUT2D eigenvalue weighted by Crippen LogP contribution is 2.27. The van der Waals surface area contributed by atoms with E-state index in [0.29, 0.717) is 13.0 Å². The fourth-order valence-corrected chi connectivity index (χ4v) is 9.53. The molecule has 2 rings (SSSR count). The molecule has 0 aromatic rings. The van der Waals surface area contributed by atoms with Crippen molar-refractivity contribution in [1.82, 2.24) is 0 Å². The zero-order chi connectivity index (χ0) is 53.7. The van der Waals surface area contributed by atoms with Crippen LogP contribution in [0.25, 0.3) is 0 Å². The summed E-state index contributed by atoms with van der Waals surface area (Å²) in [6.45, 7) is 3.70. The van der Waals surface area contributed by atoms with Gasteiger partial charge in [-0.2, -0.15) is 0 Å². The fourth-order valence-electron chi connectivity index (χ4n) is 9.53. The van der Waals surface area contributed by atoms with E-state index in [4.69, 9.17) is 28.4 Å². The molecular formula is C60H110O14. The fraction of sp³-hybridized carbons (Fsp3) is 0.883. The summed E-state index contributed by atoms with van der Waals surface area (Å²) in [6.07, 6.45) is 39.2. The van der Waals surface area contributed by atoms with Gasteiger partial charge in [-0.05, 0) is 51.4 Å². The molecule has 0 radical (unpaired) electrons. The summed E-state index contributed by atoms with van der Waals surface area (Å²) in [5, 5.41) is 72.3. The molecule has 0 aliphatic carbocycles. The van der Waals surface area contributed by atoms with Gasteiger partial charge in [-0.1, -0.05) is 217 Å². The highest BCUT2D eigenvalue weighted by Gasteiger charge is 2.47. The number of carbonyl (C=O) groups excluding carboxylic acids is 1. The Balaban J connectivity index is 1.67. The van der Waals surface area contributed by atoms with Crippen molar-refractivity contribution in [3.8, 4) is 0 Å². The van der Waals surface area contributed by atoms with Gasteiger partial charge in [0.25, 0.3) is 0 Å². The summed E-state index contributed by atoms with van der Waals surface area (Å²) in [5.41, 5.74) is 0. The first-order valence-electron chi connectivity index (χ1n) is 30.1. The van der Waals surface area contributed by atoms with E-state index in [1.807, 2.05) is 0 Å². The second kappa shape index (κ2) is 47.2. The number of aliphatic hydroxyl groups excluding tert-OH is 7. The van der Waals surface area contributed by atoms with Gasteiger partial charge in [0.2, 0.25) is 0 Å². The van der Waals surface area contributed by atoms with Crippen molar-refractivity contribution in [3.05, 3.63) is 36.5 Å². The number of hydrogen-bond acceptors (Lipinski definition) is 14. The van der Waals surface area contributed by atoms with Crippen LogP contribution in [-0.2, 0) is 33.2 Å². The van der Waals surface area contributed by atoms with Gasteiger partial charge in [-0.15, -0.1) is 0 Å². The van der Waals surface area contributed by atoms with Gasteiger partial charge >= 0.3 is 5.97 Å². The predicted octanol–water partition coefficient (Wildman–Crippen LogP) is 10.9. The van der Waals surface area contributed by atoms with E-state index in [0.717, 1.165) is 51.4 Å². The molecule has 2 aliphatic heterocycles. The van der Waals surface area contributed by atoms with Gasteiger partial charge in [-0.25, -0.2) is 0 Å². The molecule has 7 N–H and O–H groups in total. The van der Waals surface area contributed by atoms with Crippen LogP contribution < -0.4 is 0 Å². The lowest BCUT2D eigenvalue weighted by Gasteiger charge is -2.42. The van der Waals surface area contributed by atoms with E-state index in [-0.39, 0.29) is 25.6 Å². The lowest BCUT2D eigenvalue weighted by atomic mass is 9.98. The zero-order valence-electron chi connectivity index (χ0n) is 46.6. The van der Waals surface area contributed by atoms with E-state index < -0.39 is 80.7 Å². The highest BCUT2D eigenvalue weighted by atomic mass is 16.7. The molecule has 2 fully saturated rings. The third kappa shape index (κ3) is 33.5. The molecule has 0 aromatic heterocycles. The van der Waals surface area contributed by atoms with Crippen LogP contribution in [0.5, 0.6) is 0 Å². The van der Waals surface area contributed by atoms with E-state index in [9.17, 15) is 40.5 Å². The Morgan fingerprint density at radius 3 is 1.31 bits per heavy atom. The first-order valence-corrected chi connectivity index (χ1v) is 30.1. The van der Waals surface area contributed by atoms with Gasteiger partial charge in [-0.3, -0.25) is 4.79 Å². The Bertz CT molecular complexity index is 1360. The minimum Gasteiger partial charge on any atom is -0.457 e. The average Bonchev–Trinajstić information content (AvgIpc) is 3.40. The standard InChI is InChI=1S/C60H110O14/c1-3-5-7-9-11-13-15-17-19-20-21-22-23-24-25-26-27-28-29-30-32-34-36-38-40-42-44-69-46-49(72-52(62)43-41-39-37-35-33-31-18-16-14-12-10-8-6-4-2)47-70-59-58(68)56(66)54(64)51(74-59)48-71-60-57(67)55(65)53(63)50(45-61)73-60/h15,17,20-21,23-24,49-51,53-61,63-68H,3-14,16,18-19,22,25-48H2,1-2H3/b17-15-,21-20-,24-23-. The Kier molecular flexibility index (Phi) is 43.6. The molecule has 11 atom stereocenters. The smallest absolute Gasteiger partial charge is 0.306 e. The van der Waals surface area contributed by atoms with Crippen LogP contribution >= 0.6 is 0 Å². The Hall–Kier alpha value is -1.79. The van der Waals surface area contributed by atoms with Crippen LogP contribution in [0, 0.1) is 0 Å². The summed E-state index contributed by atoms with van der Waals surface area (Å²) in [5.74, 6) is -0.374. The number of aliphatic hydroxyl groups is 7. The molecule has 0 saturated carbocycles. The molecule has 2 heterocycles. The van der Waals surface area contributed by atoms with Gasteiger partial charge in [0.05, 0.1) is 26.4 Å².